The summed E-state index contributed by atoms with van der Waals surface area (Å²) >= 11 is 0. The van der Waals surface area contributed by atoms with Gasteiger partial charge in [0.25, 0.3) is 0 Å². The van der Waals surface area contributed by atoms with Gasteiger partial charge in [0.05, 0.1) is 13.2 Å². The molecule has 20 heavy (non-hydrogen) atoms. The van der Waals surface area contributed by atoms with Gasteiger partial charge >= 0.3 is 0 Å². The Kier molecular flexibility index (Phi) is 3.45. The van der Waals surface area contributed by atoms with Crippen molar-refractivity contribution in [2.45, 2.75) is 24.9 Å². The molecule has 104 valence electrons. The SMILES string of the molecule is COc1cc(C(O)CC2Cc3ccccc32)ccc1F. The first-order valence-corrected chi connectivity index (χ1v) is 6.78. The van der Waals surface area contributed by atoms with Gasteiger partial charge in [0.1, 0.15) is 0 Å². The van der Waals surface area contributed by atoms with Crippen LogP contribution in [0, 0.1) is 5.82 Å². The van der Waals surface area contributed by atoms with E-state index in [9.17, 15) is 9.50 Å². The summed E-state index contributed by atoms with van der Waals surface area (Å²) in [5.74, 6) is 0.158. The van der Waals surface area contributed by atoms with Crippen molar-refractivity contribution in [2.24, 2.45) is 0 Å². The minimum Gasteiger partial charge on any atom is -0.494 e. The summed E-state index contributed by atoms with van der Waals surface area (Å²) in [5.41, 5.74) is 3.38. The van der Waals surface area contributed by atoms with Crippen molar-refractivity contribution in [2.75, 3.05) is 7.11 Å². The maximum absolute atomic E-state index is 13.4. The standard InChI is InChI=1S/C17H17FO2/c1-20-17-10-12(6-7-15(17)18)16(19)9-13-8-11-4-2-3-5-14(11)13/h2-7,10,13,16,19H,8-9H2,1H3. The topological polar surface area (TPSA) is 29.5 Å². The molecule has 0 aliphatic heterocycles. The first-order valence-electron chi connectivity index (χ1n) is 6.78. The second-order valence-electron chi connectivity index (χ2n) is 5.25. The summed E-state index contributed by atoms with van der Waals surface area (Å²) in [7, 11) is 1.43. The predicted octanol–water partition coefficient (Wildman–Crippen LogP) is 3.60. The van der Waals surface area contributed by atoms with Crippen molar-refractivity contribution in [3.63, 3.8) is 0 Å². The highest BCUT2D eigenvalue weighted by Gasteiger charge is 2.28. The average Bonchev–Trinajstić information content (AvgIpc) is 2.45. The summed E-state index contributed by atoms with van der Waals surface area (Å²) in [6.45, 7) is 0. The third-order valence-corrected chi connectivity index (χ3v) is 4.03. The van der Waals surface area contributed by atoms with Gasteiger partial charge in [-0.25, -0.2) is 4.39 Å². The Bertz CT molecular complexity index is 624. The number of aliphatic hydroxyl groups is 1. The molecule has 0 bridgehead atoms. The third kappa shape index (κ3) is 2.29. The Labute approximate surface area is 117 Å². The lowest BCUT2D eigenvalue weighted by molar-refractivity contribution is 0.153. The van der Waals surface area contributed by atoms with Crippen LogP contribution in [-0.4, -0.2) is 12.2 Å². The minimum absolute atomic E-state index is 0.176. The van der Waals surface area contributed by atoms with Crippen LogP contribution in [0.25, 0.3) is 0 Å². The van der Waals surface area contributed by atoms with Gasteiger partial charge in [-0.2, -0.15) is 0 Å². The quantitative estimate of drug-likeness (QED) is 0.921. The largest absolute Gasteiger partial charge is 0.494 e. The Hall–Kier alpha value is -1.87. The number of aliphatic hydroxyl groups excluding tert-OH is 1. The monoisotopic (exact) mass is 272 g/mol. The van der Waals surface area contributed by atoms with Gasteiger partial charge in [0.15, 0.2) is 11.6 Å². The van der Waals surface area contributed by atoms with E-state index in [-0.39, 0.29) is 5.75 Å². The van der Waals surface area contributed by atoms with Crippen molar-refractivity contribution in [3.05, 3.63) is 65.0 Å². The van der Waals surface area contributed by atoms with Gasteiger partial charge in [-0.3, -0.25) is 0 Å². The third-order valence-electron chi connectivity index (χ3n) is 4.03. The van der Waals surface area contributed by atoms with Gasteiger partial charge in [0.2, 0.25) is 0 Å². The van der Waals surface area contributed by atoms with Gasteiger partial charge in [-0.1, -0.05) is 30.3 Å². The molecular formula is C17H17FO2. The predicted molar refractivity (Wildman–Crippen MR) is 75.4 cm³/mol. The molecule has 0 heterocycles. The van der Waals surface area contributed by atoms with Crippen LogP contribution in [0.15, 0.2) is 42.5 Å². The lowest BCUT2D eigenvalue weighted by Gasteiger charge is -2.31. The van der Waals surface area contributed by atoms with Crippen molar-refractivity contribution < 1.29 is 14.2 Å². The van der Waals surface area contributed by atoms with Crippen molar-refractivity contribution in [1.29, 1.82) is 0 Å². The molecule has 1 aliphatic carbocycles. The lowest BCUT2D eigenvalue weighted by Crippen LogP contribution is -2.19. The van der Waals surface area contributed by atoms with Crippen LogP contribution < -0.4 is 4.74 Å². The van der Waals surface area contributed by atoms with Gasteiger partial charge < -0.3 is 9.84 Å². The summed E-state index contributed by atoms with van der Waals surface area (Å²) in [5, 5.41) is 10.3. The molecule has 0 radical (unpaired) electrons. The van der Waals surface area contributed by atoms with E-state index in [1.807, 2.05) is 12.1 Å². The second kappa shape index (κ2) is 5.25. The molecule has 2 aromatic carbocycles. The van der Waals surface area contributed by atoms with E-state index in [1.165, 1.54) is 24.3 Å². The van der Waals surface area contributed by atoms with Gasteiger partial charge in [-0.05, 0) is 47.6 Å². The van der Waals surface area contributed by atoms with E-state index < -0.39 is 11.9 Å². The molecule has 0 amide bonds. The van der Waals surface area contributed by atoms with Crippen LogP contribution in [-0.2, 0) is 6.42 Å². The molecule has 1 aliphatic rings. The number of benzene rings is 2. The number of fused-ring (bicyclic) bond motifs is 1. The first kappa shape index (κ1) is 13.1. The number of ether oxygens (including phenoxy) is 1. The summed E-state index contributed by atoms with van der Waals surface area (Å²) in [6, 6.07) is 12.8. The van der Waals surface area contributed by atoms with Crippen LogP contribution in [0.2, 0.25) is 0 Å². The van der Waals surface area contributed by atoms with Crippen LogP contribution in [0.4, 0.5) is 4.39 Å². The maximum atomic E-state index is 13.4. The van der Waals surface area contributed by atoms with Crippen LogP contribution in [0.5, 0.6) is 5.75 Å². The van der Waals surface area contributed by atoms with E-state index >= 15 is 0 Å². The zero-order valence-electron chi connectivity index (χ0n) is 11.3. The second-order valence-corrected chi connectivity index (χ2v) is 5.25. The Morgan fingerprint density at radius 3 is 2.85 bits per heavy atom. The summed E-state index contributed by atoms with van der Waals surface area (Å²) in [4.78, 5) is 0. The molecule has 2 nitrogen and oxygen atoms in total. The minimum atomic E-state index is -0.595. The molecule has 3 heteroatoms. The first-order chi connectivity index (χ1) is 9.69. The van der Waals surface area contributed by atoms with E-state index in [2.05, 4.69) is 12.1 Å². The number of halogens is 1. The highest BCUT2D eigenvalue weighted by molar-refractivity contribution is 5.40. The highest BCUT2D eigenvalue weighted by Crippen LogP contribution is 2.41. The molecule has 0 saturated carbocycles. The molecule has 1 N–H and O–H groups in total. The van der Waals surface area contributed by atoms with E-state index in [0.29, 0.717) is 17.9 Å². The molecule has 0 aromatic heterocycles. The Morgan fingerprint density at radius 1 is 1.30 bits per heavy atom. The normalized spacial score (nSPS) is 18.1. The summed E-state index contributed by atoms with van der Waals surface area (Å²) in [6.07, 6.45) is 1.07. The van der Waals surface area contributed by atoms with E-state index in [4.69, 9.17) is 4.74 Å². The molecule has 2 atom stereocenters. The van der Waals surface area contributed by atoms with Crippen molar-refractivity contribution >= 4 is 0 Å². The number of hydrogen-bond donors (Lipinski definition) is 1. The van der Waals surface area contributed by atoms with Gasteiger partial charge in [-0.15, -0.1) is 0 Å². The van der Waals surface area contributed by atoms with Crippen LogP contribution >= 0.6 is 0 Å². The fraction of sp³-hybridized carbons (Fsp3) is 0.294. The highest BCUT2D eigenvalue weighted by atomic mass is 19.1. The number of hydrogen-bond acceptors (Lipinski definition) is 2. The maximum Gasteiger partial charge on any atom is 0.165 e. The smallest absolute Gasteiger partial charge is 0.165 e. The fourth-order valence-electron chi connectivity index (χ4n) is 2.86. The number of methoxy groups -OCH3 is 1. The van der Waals surface area contributed by atoms with Crippen molar-refractivity contribution in [1.82, 2.24) is 0 Å². The average molecular weight is 272 g/mol. The molecule has 3 rings (SSSR count). The zero-order valence-corrected chi connectivity index (χ0v) is 11.3. The molecule has 2 aromatic rings. The molecular weight excluding hydrogens is 255 g/mol. The Morgan fingerprint density at radius 2 is 2.10 bits per heavy atom. The molecule has 0 fully saturated rings. The Balaban J connectivity index is 1.73. The fourth-order valence-corrected chi connectivity index (χ4v) is 2.86. The molecule has 2 unspecified atom stereocenters. The summed E-state index contributed by atoms with van der Waals surface area (Å²) < 4.78 is 18.3. The molecule has 0 spiro atoms. The van der Waals surface area contributed by atoms with Gasteiger partial charge in [0, 0.05) is 0 Å². The van der Waals surface area contributed by atoms with Crippen molar-refractivity contribution in [3.8, 4) is 5.75 Å². The van der Waals surface area contributed by atoms with E-state index in [0.717, 1.165) is 6.42 Å². The zero-order chi connectivity index (χ0) is 14.1. The van der Waals surface area contributed by atoms with Crippen LogP contribution in [0.3, 0.4) is 0 Å². The molecule has 0 saturated heterocycles. The lowest BCUT2D eigenvalue weighted by atomic mass is 9.74. The van der Waals surface area contributed by atoms with Crippen LogP contribution in [0.1, 0.15) is 35.1 Å². The number of rotatable bonds is 4. The van der Waals surface area contributed by atoms with E-state index in [1.54, 1.807) is 12.1 Å².